The van der Waals surface area contributed by atoms with Gasteiger partial charge in [-0.05, 0) is 25.8 Å². The Labute approximate surface area is 134 Å². The molecule has 0 amide bonds. The molecule has 0 bridgehead atoms. The van der Waals surface area contributed by atoms with Gasteiger partial charge in [0, 0.05) is 0 Å². The van der Waals surface area contributed by atoms with Gasteiger partial charge in [-0.15, -0.1) is 0 Å². The molecule has 1 unspecified atom stereocenters. The van der Waals surface area contributed by atoms with E-state index in [0.29, 0.717) is 19.6 Å². The largest absolute Gasteiger partial charge is 0.473 e. The molecule has 1 aromatic rings. The fraction of sp³-hybridized carbons (Fsp3) is 0.429. The summed E-state index contributed by atoms with van der Waals surface area (Å²) >= 11 is 0. The van der Waals surface area contributed by atoms with Gasteiger partial charge >= 0.3 is 19.5 Å². The van der Waals surface area contributed by atoms with E-state index in [4.69, 9.17) is 34.6 Å². The van der Waals surface area contributed by atoms with Crippen LogP contribution >= 0.6 is 7.60 Å². The molecular formula is C14H22NO7P. The van der Waals surface area contributed by atoms with Gasteiger partial charge in [0.1, 0.15) is 5.78 Å². The SMILES string of the molecule is CCOP(=O)(OCC)C(N)Cc1ccccc1.O=C(O)C(=O)O. The number of carboxylic acid groups (broad SMARTS) is 2. The predicted molar refractivity (Wildman–Crippen MR) is 84.3 cm³/mol. The van der Waals surface area contributed by atoms with Crippen LogP contribution in [-0.2, 0) is 29.6 Å². The first-order chi connectivity index (χ1) is 10.8. The van der Waals surface area contributed by atoms with Crippen molar-refractivity contribution in [3.63, 3.8) is 0 Å². The summed E-state index contributed by atoms with van der Waals surface area (Å²) in [6.45, 7) is 4.22. The van der Waals surface area contributed by atoms with Crippen molar-refractivity contribution in [2.45, 2.75) is 26.1 Å². The van der Waals surface area contributed by atoms with Gasteiger partial charge < -0.3 is 25.0 Å². The lowest BCUT2D eigenvalue weighted by molar-refractivity contribution is -0.159. The summed E-state index contributed by atoms with van der Waals surface area (Å²) in [6, 6.07) is 9.67. The van der Waals surface area contributed by atoms with Crippen molar-refractivity contribution < 1.29 is 33.4 Å². The summed E-state index contributed by atoms with van der Waals surface area (Å²) < 4.78 is 22.8. The standard InChI is InChI=1S/C12H20NO3P.C2H2O4/c1-3-15-17(14,16-4-2)12(13)10-11-8-6-5-7-9-11;3-1(4)2(5)6/h5-9,12H,3-4,10,13H2,1-2H3;(H,3,4)(H,5,6). The smallest absolute Gasteiger partial charge is 0.414 e. The Kier molecular flexibility index (Phi) is 10.1. The molecule has 0 radical (unpaired) electrons. The molecule has 8 nitrogen and oxygen atoms in total. The second kappa shape index (κ2) is 10.9. The summed E-state index contributed by atoms with van der Waals surface area (Å²) in [5.74, 6) is -4.27. The molecule has 1 atom stereocenters. The van der Waals surface area contributed by atoms with Crippen molar-refractivity contribution in [1.82, 2.24) is 0 Å². The van der Waals surface area contributed by atoms with Crippen LogP contribution < -0.4 is 5.73 Å². The second-order valence-electron chi connectivity index (χ2n) is 4.24. The van der Waals surface area contributed by atoms with Crippen molar-refractivity contribution in [2.24, 2.45) is 5.73 Å². The summed E-state index contributed by atoms with van der Waals surface area (Å²) in [7, 11) is -3.20. The lowest BCUT2D eigenvalue weighted by atomic mass is 10.2. The first-order valence-electron chi connectivity index (χ1n) is 6.91. The Morgan fingerprint density at radius 2 is 1.52 bits per heavy atom. The number of benzene rings is 1. The molecule has 23 heavy (non-hydrogen) atoms. The van der Waals surface area contributed by atoms with Crippen molar-refractivity contribution in [2.75, 3.05) is 13.2 Å². The van der Waals surface area contributed by atoms with E-state index in [9.17, 15) is 4.57 Å². The first-order valence-corrected chi connectivity index (χ1v) is 8.52. The average Bonchev–Trinajstić information content (AvgIpc) is 2.49. The lowest BCUT2D eigenvalue weighted by Gasteiger charge is -2.23. The molecule has 0 heterocycles. The van der Waals surface area contributed by atoms with Crippen LogP contribution in [0.3, 0.4) is 0 Å². The zero-order valence-corrected chi connectivity index (χ0v) is 13.9. The fourth-order valence-electron chi connectivity index (χ4n) is 1.56. The zero-order chi connectivity index (χ0) is 17.9. The van der Waals surface area contributed by atoms with E-state index in [0.717, 1.165) is 5.56 Å². The van der Waals surface area contributed by atoms with Crippen LogP contribution in [0.25, 0.3) is 0 Å². The normalized spacial score (nSPS) is 12.0. The van der Waals surface area contributed by atoms with Crippen LogP contribution in [0.4, 0.5) is 0 Å². The molecule has 4 N–H and O–H groups in total. The van der Waals surface area contributed by atoms with Gasteiger partial charge in [0.2, 0.25) is 0 Å². The maximum absolute atomic E-state index is 12.3. The molecule has 0 saturated heterocycles. The van der Waals surface area contributed by atoms with Crippen molar-refractivity contribution in [1.29, 1.82) is 0 Å². The zero-order valence-electron chi connectivity index (χ0n) is 13.0. The number of carboxylic acids is 2. The van der Waals surface area contributed by atoms with Crippen LogP contribution in [0.2, 0.25) is 0 Å². The molecule has 1 aromatic carbocycles. The Hall–Kier alpha value is -1.73. The number of nitrogens with two attached hydrogens (primary N) is 1. The lowest BCUT2D eigenvalue weighted by Crippen LogP contribution is -2.25. The Bertz CT molecular complexity index is 513. The number of carbonyl (C=O) groups is 2. The van der Waals surface area contributed by atoms with E-state index in [1.165, 1.54) is 0 Å². The maximum Gasteiger partial charge on any atom is 0.414 e. The Morgan fingerprint density at radius 1 is 1.09 bits per heavy atom. The molecule has 0 spiro atoms. The monoisotopic (exact) mass is 347 g/mol. The Balaban J connectivity index is 0.000000688. The molecule has 0 aliphatic heterocycles. The highest BCUT2D eigenvalue weighted by atomic mass is 31.2. The summed E-state index contributed by atoms with van der Waals surface area (Å²) in [6.07, 6.45) is 0.484. The highest BCUT2D eigenvalue weighted by Gasteiger charge is 2.32. The number of aliphatic carboxylic acids is 2. The van der Waals surface area contributed by atoms with Gasteiger partial charge in [-0.3, -0.25) is 4.57 Å². The minimum absolute atomic E-state index is 0.333. The number of rotatable bonds is 7. The molecule has 0 saturated carbocycles. The van der Waals surface area contributed by atoms with Gasteiger partial charge in [0.05, 0.1) is 13.2 Å². The molecular weight excluding hydrogens is 325 g/mol. The second-order valence-corrected chi connectivity index (χ2v) is 6.50. The molecule has 130 valence electrons. The third-order valence-corrected chi connectivity index (χ3v) is 4.73. The van der Waals surface area contributed by atoms with E-state index >= 15 is 0 Å². The van der Waals surface area contributed by atoms with Gasteiger partial charge in [0.25, 0.3) is 0 Å². The third kappa shape index (κ3) is 8.47. The minimum atomic E-state index is -3.20. The highest BCUT2D eigenvalue weighted by molar-refractivity contribution is 7.54. The summed E-state index contributed by atoms with van der Waals surface area (Å²) in [5.41, 5.74) is 6.97. The quantitative estimate of drug-likeness (QED) is 0.503. The van der Waals surface area contributed by atoms with E-state index in [1.54, 1.807) is 13.8 Å². The Morgan fingerprint density at radius 3 is 1.87 bits per heavy atom. The van der Waals surface area contributed by atoms with Crippen LogP contribution in [-0.4, -0.2) is 41.1 Å². The fourth-order valence-corrected chi connectivity index (χ4v) is 3.17. The summed E-state index contributed by atoms with van der Waals surface area (Å²) in [4.78, 5) is 18.2. The van der Waals surface area contributed by atoms with Gasteiger partial charge in [0.15, 0.2) is 0 Å². The van der Waals surface area contributed by atoms with Gasteiger partial charge in [-0.1, -0.05) is 30.3 Å². The molecule has 0 aromatic heterocycles. The number of hydrogen-bond donors (Lipinski definition) is 3. The van der Waals surface area contributed by atoms with Crippen LogP contribution in [0, 0.1) is 0 Å². The van der Waals surface area contributed by atoms with E-state index in [2.05, 4.69) is 0 Å². The molecule has 1 rings (SSSR count). The van der Waals surface area contributed by atoms with Crippen molar-refractivity contribution in [3.05, 3.63) is 35.9 Å². The topological polar surface area (TPSA) is 136 Å². The van der Waals surface area contributed by atoms with Gasteiger partial charge in [-0.2, -0.15) is 0 Å². The van der Waals surface area contributed by atoms with Crippen molar-refractivity contribution >= 4 is 19.5 Å². The average molecular weight is 347 g/mol. The predicted octanol–water partition coefficient (Wildman–Crippen LogP) is 1.94. The molecule has 9 heteroatoms. The molecule has 0 aliphatic rings. The maximum atomic E-state index is 12.3. The van der Waals surface area contributed by atoms with Gasteiger partial charge in [-0.25, -0.2) is 9.59 Å². The molecule has 0 fully saturated rings. The highest BCUT2D eigenvalue weighted by Crippen LogP contribution is 2.51. The van der Waals surface area contributed by atoms with E-state index in [1.807, 2.05) is 30.3 Å². The van der Waals surface area contributed by atoms with Crippen LogP contribution in [0.5, 0.6) is 0 Å². The number of hydrogen-bond acceptors (Lipinski definition) is 6. The summed E-state index contributed by atoms with van der Waals surface area (Å²) in [5, 5.41) is 14.8. The van der Waals surface area contributed by atoms with Crippen LogP contribution in [0.1, 0.15) is 19.4 Å². The van der Waals surface area contributed by atoms with E-state index in [-0.39, 0.29) is 0 Å². The van der Waals surface area contributed by atoms with Crippen LogP contribution in [0.15, 0.2) is 30.3 Å². The first kappa shape index (κ1) is 21.3. The molecule has 0 aliphatic carbocycles. The van der Waals surface area contributed by atoms with E-state index < -0.39 is 25.3 Å². The minimum Gasteiger partial charge on any atom is -0.473 e. The van der Waals surface area contributed by atoms with Crippen molar-refractivity contribution in [3.8, 4) is 0 Å². The third-order valence-electron chi connectivity index (χ3n) is 2.49.